The summed E-state index contributed by atoms with van der Waals surface area (Å²) in [5.41, 5.74) is 1.85. The Kier molecular flexibility index (Phi) is 7.67. The molecule has 1 N–H and O–H groups in total. The summed E-state index contributed by atoms with van der Waals surface area (Å²) < 4.78 is 15.6. The standard InChI is InChI=1S/C21H25NO5/c1-15(21(24)22-14-17-6-4-5-7-19(17)26-3)27-20(23)13-10-16-8-11-18(25-2)12-9-16/h4-9,11-12,15H,10,13-14H2,1-3H3,(H,22,24)/t15-/m1/s1. The van der Waals surface area contributed by atoms with Gasteiger partial charge in [0.2, 0.25) is 0 Å². The molecule has 6 nitrogen and oxygen atoms in total. The summed E-state index contributed by atoms with van der Waals surface area (Å²) in [6.07, 6.45) is -0.113. The molecule has 0 aromatic heterocycles. The smallest absolute Gasteiger partial charge is 0.306 e. The highest BCUT2D eigenvalue weighted by atomic mass is 16.5. The Balaban J connectivity index is 1.76. The second-order valence-electron chi connectivity index (χ2n) is 6.01. The summed E-state index contributed by atoms with van der Waals surface area (Å²) in [6, 6.07) is 14.9. The Labute approximate surface area is 159 Å². The minimum absolute atomic E-state index is 0.205. The Bertz CT molecular complexity index is 757. The first-order chi connectivity index (χ1) is 13.0. The highest BCUT2D eigenvalue weighted by Gasteiger charge is 2.18. The van der Waals surface area contributed by atoms with E-state index in [-0.39, 0.29) is 12.3 Å². The predicted octanol–water partition coefficient (Wildman–Crippen LogP) is 2.88. The zero-order valence-electron chi connectivity index (χ0n) is 15.9. The maximum Gasteiger partial charge on any atom is 0.306 e. The van der Waals surface area contributed by atoms with E-state index in [9.17, 15) is 9.59 Å². The lowest BCUT2D eigenvalue weighted by Gasteiger charge is -2.14. The van der Waals surface area contributed by atoms with Crippen LogP contribution in [0.3, 0.4) is 0 Å². The molecule has 0 saturated carbocycles. The molecule has 0 bridgehead atoms. The number of nitrogens with one attached hydrogen (secondary N) is 1. The Morgan fingerprint density at radius 2 is 1.70 bits per heavy atom. The molecule has 1 amide bonds. The fraction of sp³-hybridized carbons (Fsp3) is 0.333. The molecule has 0 aliphatic carbocycles. The second kappa shape index (κ2) is 10.2. The van der Waals surface area contributed by atoms with Crippen molar-refractivity contribution in [2.45, 2.75) is 32.4 Å². The summed E-state index contributed by atoms with van der Waals surface area (Å²) in [5, 5.41) is 2.76. The summed E-state index contributed by atoms with van der Waals surface area (Å²) >= 11 is 0. The molecule has 0 saturated heterocycles. The van der Waals surface area contributed by atoms with E-state index in [1.165, 1.54) is 0 Å². The lowest BCUT2D eigenvalue weighted by atomic mass is 10.1. The largest absolute Gasteiger partial charge is 0.497 e. The number of ether oxygens (including phenoxy) is 3. The lowest BCUT2D eigenvalue weighted by Crippen LogP contribution is -2.35. The predicted molar refractivity (Wildman–Crippen MR) is 102 cm³/mol. The fourth-order valence-electron chi connectivity index (χ4n) is 2.52. The average molecular weight is 371 g/mol. The first-order valence-corrected chi connectivity index (χ1v) is 8.75. The van der Waals surface area contributed by atoms with Gasteiger partial charge in [0.25, 0.3) is 5.91 Å². The van der Waals surface area contributed by atoms with Gasteiger partial charge in [-0.1, -0.05) is 30.3 Å². The van der Waals surface area contributed by atoms with E-state index >= 15 is 0 Å². The number of rotatable bonds is 9. The molecule has 2 rings (SSSR count). The van der Waals surface area contributed by atoms with Gasteiger partial charge in [0.15, 0.2) is 6.10 Å². The van der Waals surface area contributed by atoms with E-state index in [1.54, 1.807) is 21.1 Å². The summed E-state index contributed by atoms with van der Waals surface area (Å²) in [7, 11) is 3.18. The molecular weight excluding hydrogens is 346 g/mol. The first-order valence-electron chi connectivity index (χ1n) is 8.75. The van der Waals surface area contributed by atoms with Crippen LogP contribution in [0.15, 0.2) is 48.5 Å². The van der Waals surface area contributed by atoms with Crippen LogP contribution >= 0.6 is 0 Å². The van der Waals surface area contributed by atoms with Crippen molar-refractivity contribution in [1.82, 2.24) is 5.32 Å². The molecular formula is C21H25NO5. The molecule has 27 heavy (non-hydrogen) atoms. The maximum absolute atomic E-state index is 12.2. The zero-order chi connectivity index (χ0) is 19.6. The molecule has 2 aromatic rings. The number of para-hydroxylation sites is 1. The molecule has 0 fully saturated rings. The van der Waals surface area contributed by atoms with E-state index in [0.717, 1.165) is 16.9 Å². The van der Waals surface area contributed by atoms with Crippen molar-refractivity contribution in [3.8, 4) is 11.5 Å². The number of methoxy groups -OCH3 is 2. The van der Waals surface area contributed by atoms with E-state index in [1.807, 2.05) is 48.5 Å². The van der Waals surface area contributed by atoms with Crippen LogP contribution in [0.25, 0.3) is 0 Å². The van der Waals surface area contributed by atoms with Crippen molar-refractivity contribution in [3.63, 3.8) is 0 Å². The monoisotopic (exact) mass is 371 g/mol. The summed E-state index contributed by atoms with van der Waals surface area (Å²) in [5.74, 6) is 0.702. The number of hydrogen-bond acceptors (Lipinski definition) is 5. The minimum atomic E-state index is -0.858. The molecule has 0 unspecified atom stereocenters. The molecule has 0 aliphatic rings. The van der Waals surface area contributed by atoms with Crippen molar-refractivity contribution in [2.24, 2.45) is 0 Å². The minimum Gasteiger partial charge on any atom is -0.497 e. The van der Waals surface area contributed by atoms with E-state index < -0.39 is 12.1 Å². The van der Waals surface area contributed by atoms with Crippen molar-refractivity contribution in [2.75, 3.05) is 14.2 Å². The van der Waals surface area contributed by atoms with Gasteiger partial charge in [0.1, 0.15) is 11.5 Å². The van der Waals surface area contributed by atoms with Gasteiger partial charge in [0.05, 0.1) is 14.2 Å². The van der Waals surface area contributed by atoms with Crippen LogP contribution in [-0.4, -0.2) is 32.2 Å². The van der Waals surface area contributed by atoms with Gasteiger partial charge in [-0.2, -0.15) is 0 Å². The molecule has 2 aromatic carbocycles. The SMILES string of the molecule is COc1ccc(CCC(=O)O[C@H](C)C(=O)NCc2ccccc2OC)cc1. The Morgan fingerprint density at radius 1 is 1.00 bits per heavy atom. The maximum atomic E-state index is 12.2. The summed E-state index contributed by atoms with van der Waals surface area (Å²) in [4.78, 5) is 24.1. The molecule has 0 radical (unpaired) electrons. The number of benzene rings is 2. The third kappa shape index (κ3) is 6.33. The van der Waals surface area contributed by atoms with Crippen LogP contribution in [0.1, 0.15) is 24.5 Å². The zero-order valence-corrected chi connectivity index (χ0v) is 15.9. The van der Waals surface area contributed by atoms with Gasteiger partial charge >= 0.3 is 5.97 Å². The number of esters is 1. The second-order valence-corrected chi connectivity index (χ2v) is 6.01. The Morgan fingerprint density at radius 3 is 2.37 bits per heavy atom. The highest BCUT2D eigenvalue weighted by molar-refractivity contribution is 5.83. The van der Waals surface area contributed by atoms with Crippen LogP contribution in [-0.2, 0) is 27.3 Å². The van der Waals surface area contributed by atoms with E-state index in [4.69, 9.17) is 14.2 Å². The fourth-order valence-corrected chi connectivity index (χ4v) is 2.52. The first kappa shape index (κ1) is 20.3. The van der Waals surface area contributed by atoms with Crippen LogP contribution in [0, 0.1) is 0 Å². The van der Waals surface area contributed by atoms with Crippen molar-refractivity contribution >= 4 is 11.9 Å². The van der Waals surface area contributed by atoms with Crippen molar-refractivity contribution in [1.29, 1.82) is 0 Å². The third-order valence-corrected chi connectivity index (χ3v) is 4.10. The van der Waals surface area contributed by atoms with Crippen LogP contribution in [0.2, 0.25) is 0 Å². The number of aryl methyl sites for hydroxylation is 1. The molecule has 0 spiro atoms. The molecule has 144 valence electrons. The van der Waals surface area contributed by atoms with E-state index in [2.05, 4.69) is 5.32 Å². The van der Waals surface area contributed by atoms with Gasteiger partial charge in [0, 0.05) is 18.5 Å². The summed E-state index contributed by atoms with van der Waals surface area (Å²) in [6.45, 7) is 1.86. The molecule has 1 atom stereocenters. The molecule has 0 heterocycles. The number of amides is 1. The molecule has 6 heteroatoms. The van der Waals surface area contributed by atoms with E-state index in [0.29, 0.717) is 18.7 Å². The average Bonchev–Trinajstić information content (AvgIpc) is 2.70. The normalized spacial score (nSPS) is 11.4. The number of carbonyl (C=O) groups excluding carboxylic acids is 2. The quantitative estimate of drug-likeness (QED) is 0.686. The lowest BCUT2D eigenvalue weighted by molar-refractivity contribution is -0.154. The van der Waals surface area contributed by atoms with Gasteiger partial charge in [-0.05, 0) is 37.1 Å². The van der Waals surface area contributed by atoms with Gasteiger partial charge in [-0.3, -0.25) is 9.59 Å². The Hall–Kier alpha value is -3.02. The molecule has 0 aliphatic heterocycles. The van der Waals surface area contributed by atoms with Gasteiger partial charge in [-0.25, -0.2) is 0 Å². The van der Waals surface area contributed by atoms with Crippen molar-refractivity contribution in [3.05, 3.63) is 59.7 Å². The van der Waals surface area contributed by atoms with Crippen LogP contribution in [0.4, 0.5) is 0 Å². The van der Waals surface area contributed by atoms with Crippen molar-refractivity contribution < 1.29 is 23.8 Å². The number of hydrogen-bond donors (Lipinski definition) is 1. The topological polar surface area (TPSA) is 73.9 Å². The van der Waals surface area contributed by atoms with Crippen LogP contribution < -0.4 is 14.8 Å². The highest BCUT2D eigenvalue weighted by Crippen LogP contribution is 2.17. The number of carbonyl (C=O) groups is 2. The third-order valence-electron chi connectivity index (χ3n) is 4.10. The van der Waals surface area contributed by atoms with Crippen LogP contribution in [0.5, 0.6) is 11.5 Å². The van der Waals surface area contributed by atoms with Gasteiger partial charge in [-0.15, -0.1) is 0 Å². The van der Waals surface area contributed by atoms with Gasteiger partial charge < -0.3 is 19.5 Å².